The van der Waals surface area contributed by atoms with Crippen molar-refractivity contribution in [3.8, 4) is 0 Å². The zero-order valence-electron chi connectivity index (χ0n) is 13.4. The van der Waals surface area contributed by atoms with Gasteiger partial charge in [-0.25, -0.2) is 0 Å². The van der Waals surface area contributed by atoms with Gasteiger partial charge in [-0.2, -0.15) is 0 Å². The van der Waals surface area contributed by atoms with Crippen molar-refractivity contribution < 1.29 is 0 Å². The molecule has 1 aromatic carbocycles. The molecule has 19 heavy (non-hydrogen) atoms. The van der Waals surface area contributed by atoms with Crippen LogP contribution in [-0.2, 0) is 6.54 Å². The summed E-state index contributed by atoms with van der Waals surface area (Å²) in [5.74, 6) is 1.37. The second-order valence-corrected chi connectivity index (χ2v) is 6.29. The van der Waals surface area contributed by atoms with Crippen molar-refractivity contribution in [3.05, 3.63) is 29.8 Å². The second-order valence-electron chi connectivity index (χ2n) is 6.29. The molecule has 2 nitrogen and oxygen atoms in total. The van der Waals surface area contributed by atoms with E-state index < -0.39 is 0 Å². The minimum atomic E-state index is 0.560. The monoisotopic (exact) mass is 262 g/mol. The van der Waals surface area contributed by atoms with Crippen LogP contribution in [0.15, 0.2) is 24.3 Å². The largest absolute Gasteiger partial charge is 0.372 e. The van der Waals surface area contributed by atoms with Crippen LogP contribution in [0.4, 0.5) is 5.69 Å². The first-order valence-electron chi connectivity index (χ1n) is 7.44. The molecule has 0 bridgehead atoms. The van der Waals surface area contributed by atoms with Crippen molar-refractivity contribution in [1.29, 1.82) is 0 Å². The van der Waals surface area contributed by atoms with E-state index >= 15 is 0 Å². The van der Waals surface area contributed by atoms with E-state index in [4.69, 9.17) is 0 Å². The van der Waals surface area contributed by atoms with Gasteiger partial charge in [0.05, 0.1) is 0 Å². The molecule has 0 aliphatic carbocycles. The SMILES string of the molecule is CC(C)CNCc1ccc(N(C)C(C)C(C)C)cc1. The zero-order chi connectivity index (χ0) is 14.4. The van der Waals surface area contributed by atoms with Gasteiger partial charge in [-0.05, 0) is 43.0 Å². The van der Waals surface area contributed by atoms with Gasteiger partial charge in [-0.3, -0.25) is 0 Å². The Morgan fingerprint density at radius 3 is 2.05 bits per heavy atom. The Labute approximate surface area is 119 Å². The van der Waals surface area contributed by atoms with Gasteiger partial charge in [0.1, 0.15) is 0 Å². The van der Waals surface area contributed by atoms with Crippen LogP contribution in [0.25, 0.3) is 0 Å². The molecule has 0 aliphatic rings. The molecule has 0 aromatic heterocycles. The van der Waals surface area contributed by atoms with Gasteiger partial charge in [-0.1, -0.05) is 39.8 Å². The average molecular weight is 262 g/mol. The third-order valence-electron chi connectivity index (χ3n) is 3.80. The van der Waals surface area contributed by atoms with Crippen LogP contribution in [0.5, 0.6) is 0 Å². The molecule has 0 fully saturated rings. The molecule has 0 saturated carbocycles. The Balaban J connectivity index is 2.56. The van der Waals surface area contributed by atoms with Gasteiger partial charge in [0, 0.05) is 25.3 Å². The Hall–Kier alpha value is -1.02. The zero-order valence-corrected chi connectivity index (χ0v) is 13.4. The van der Waals surface area contributed by atoms with Gasteiger partial charge in [0.2, 0.25) is 0 Å². The Morgan fingerprint density at radius 1 is 1.00 bits per heavy atom. The predicted octanol–water partition coefficient (Wildman–Crippen LogP) is 3.91. The second kappa shape index (κ2) is 7.54. The lowest BCUT2D eigenvalue weighted by molar-refractivity contribution is 0.505. The van der Waals surface area contributed by atoms with Crippen molar-refractivity contribution in [1.82, 2.24) is 5.32 Å². The molecular formula is C17H30N2. The van der Waals surface area contributed by atoms with E-state index in [9.17, 15) is 0 Å². The summed E-state index contributed by atoms with van der Waals surface area (Å²) in [7, 11) is 2.18. The molecule has 0 saturated heterocycles. The minimum absolute atomic E-state index is 0.560. The van der Waals surface area contributed by atoms with Gasteiger partial charge in [-0.15, -0.1) is 0 Å². The topological polar surface area (TPSA) is 15.3 Å². The first-order valence-corrected chi connectivity index (χ1v) is 7.44. The van der Waals surface area contributed by atoms with E-state index in [1.807, 2.05) is 0 Å². The molecule has 1 rings (SSSR count). The fourth-order valence-electron chi connectivity index (χ4n) is 2.04. The normalized spacial score (nSPS) is 13.1. The maximum Gasteiger partial charge on any atom is 0.0366 e. The van der Waals surface area contributed by atoms with E-state index in [1.54, 1.807) is 0 Å². The van der Waals surface area contributed by atoms with E-state index in [0.29, 0.717) is 17.9 Å². The summed E-state index contributed by atoms with van der Waals surface area (Å²) in [4.78, 5) is 2.36. The van der Waals surface area contributed by atoms with Crippen LogP contribution >= 0.6 is 0 Å². The van der Waals surface area contributed by atoms with Crippen LogP contribution in [0.3, 0.4) is 0 Å². The number of nitrogens with zero attached hydrogens (tertiary/aromatic N) is 1. The Morgan fingerprint density at radius 2 is 1.58 bits per heavy atom. The standard InChI is InChI=1S/C17H30N2/c1-13(2)11-18-12-16-7-9-17(10-8-16)19(6)15(5)14(3)4/h7-10,13-15,18H,11-12H2,1-6H3. The van der Waals surface area contributed by atoms with Crippen LogP contribution < -0.4 is 10.2 Å². The highest BCUT2D eigenvalue weighted by molar-refractivity contribution is 5.47. The number of nitrogens with one attached hydrogen (secondary N) is 1. The third kappa shape index (κ3) is 5.23. The van der Waals surface area contributed by atoms with Gasteiger partial charge in [0.25, 0.3) is 0 Å². The summed E-state index contributed by atoms with van der Waals surface area (Å²) >= 11 is 0. The highest BCUT2D eigenvalue weighted by Gasteiger charge is 2.13. The average Bonchev–Trinajstić information content (AvgIpc) is 2.37. The molecule has 0 heterocycles. The molecule has 0 aliphatic heterocycles. The maximum atomic E-state index is 3.48. The molecule has 1 aromatic rings. The first kappa shape index (κ1) is 16.0. The van der Waals surface area contributed by atoms with Crippen LogP contribution in [0, 0.1) is 11.8 Å². The number of anilines is 1. The first-order chi connectivity index (χ1) is 8.91. The molecule has 108 valence electrons. The minimum Gasteiger partial charge on any atom is -0.372 e. The van der Waals surface area contributed by atoms with Crippen molar-refractivity contribution in [2.75, 3.05) is 18.5 Å². The van der Waals surface area contributed by atoms with Crippen LogP contribution in [0.2, 0.25) is 0 Å². The lowest BCUT2D eigenvalue weighted by Gasteiger charge is -2.30. The smallest absolute Gasteiger partial charge is 0.0366 e. The van der Waals surface area contributed by atoms with E-state index in [2.05, 4.69) is 76.1 Å². The van der Waals surface area contributed by atoms with Crippen molar-refractivity contribution >= 4 is 5.69 Å². The molecule has 2 heteroatoms. The highest BCUT2D eigenvalue weighted by Crippen LogP contribution is 2.19. The Bertz CT molecular complexity index is 354. The molecule has 1 N–H and O–H groups in total. The molecule has 0 amide bonds. The molecule has 1 unspecified atom stereocenters. The fraction of sp³-hybridized carbons (Fsp3) is 0.647. The lowest BCUT2D eigenvalue weighted by atomic mass is 10.0. The third-order valence-corrected chi connectivity index (χ3v) is 3.80. The van der Waals surface area contributed by atoms with Gasteiger partial charge < -0.3 is 10.2 Å². The number of hydrogen-bond donors (Lipinski definition) is 1. The highest BCUT2D eigenvalue weighted by atomic mass is 15.1. The number of benzene rings is 1. The molecule has 0 radical (unpaired) electrons. The summed E-state index contributed by atoms with van der Waals surface area (Å²) < 4.78 is 0. The predicted molar refractivity (Wildman–Crippen MR) is 85.7 cm³/mol. The summed E-state index contributed by atoms with van der Waals surface area (Å²) in [6.07, 6.45) is 0. The Kier molecular flexibility index (Phi) is 6.36. The number of hydrogen-bond acceptors (Lipinski definition) is 2. The molecule has 0 spiro atoms. The van der Waals surface area contributed by atoms with E-state index in [0.717, 1.165) is 13.1 Å². The van der Waals surface area contributed by atoms with Crippen LogP contribution in [-0.4, -0.2) is 19.6 Å². The van der Waals surface area contributed by atoms with Gasteiger partial charge >= 0.3 is 0 Å². The van der Waals surface area contributed by atoms with Crippen LogP contribution in [0.1, 0.15) is 40.2 Å². The van der Waals surface area contributed by atoms with Gasteiger partial charge in [0.15, 0.2) is 0 Å². The summed E-state index contributed by atoms with van der Waals surface area (Å²) in [6.45, 7) is 13.3. The molecular weight excluding hydrogens is 232 g/mol. The van der Waals surface area contributed by atoms with E-state index in [1.165, 1.54) is 11.3 Å². The summed E-state index contributed by atoms with van der Waals surface area (Å²) in [6, 6.07) is 9.47. The molecule has 1 atom stereocenters. The summed E-state index contributed by atoms with van der Waals surface area (Å²) in [5.41, 5.74) is 2.66. The lowest BCUT2D eigenvalue weighted by Crippen LogP contribution is -2.33. The fourth-order valence-corrected chi connectivity index (χ4v) is 2.04. The van der Waals surface area contributed by atoms with Crippen molar-refractivity contribution in [3.63, 3.8) is 0 Å². The van der Waals surface area contributed by atoms with E-state index in [-0.39, 0.29) is 0 Å². The van der Waals surface area contributed by atoms with Crippen molar-refractivity contribution in [2.24, 2.45) is 11.8 Å². The van der Waals surface area contributed by atoms with Crippen molar-refractivity contribution in [2.45, 2.75) is 47.2 Å². The maximum absolute atomic E-state index is 3.48. The quantitative estimate of drug-likeness (QED) is 0.801. The number of rotatable bonds is 7. The summed E-state index contributed by atoms with van der Waals surface area (Å²) in [5, 5.41) is 3.48.